The molecular formula is C50H80N14O11. The molecule has 9 amide bonds. The third kappa shape index (κ3) is 20.2. The fraction of sp³-hybridized carbons (Fsp3) is 0.580. The zero-order valence-corrected chi connectivity index (χ0v) is 43.5. The number of amides is 9. The van der Waals surface area contributed by atoms with Crippen molar-refractivity contribution in [2.75, 3.05) is 32.7 Å². The van der Waals surface area contributed by atoms with Crippen LogP contribution in [0.3, 0.4) is 0 Å². The Labute approximate surface area is 437 Å². The summed E-state index contributed by atoms with van der Waals surface area (Å²) >= 11 is 0. The fourth-order valence-electron chi connectivity index (χ4n) is 7.97. The van der Waals surface area contributed by atoms with E-state index in [1.807, 2.05) is 43.3 Å². The van der Waals surface area contributed by atoms with E-state index in [0.29, 0.717) is 5.56 Å². The Hall–Kier alpha value is -6.61. The Morgan fingerprint density at radius 2 is 1.05 bits per heavy atom. The molecule has 2 aromatic rings. The first-order valence-corrected chi connectivity index (χ1v) is 25.3. The largest absolute Gasteiger partial charge is 0.391 e. The molecule has 0 bridgehead atoms. The van der Waals surface area contributed by atoms with E-state index < -0.39 is 133 Å². The molecule has 0 aliphatic carbocycles. The van der Waals surface area contributed by atoms with Crippen LogP contribution in [0.5, 0.6) is 0 Å². The van der Waals surface area contributed by atoms with E-state index in [1.54, 1.807) is 26.0 Å². The van der Waals surface area contributed by atoms with Crippen molar-refractivity contribution < 1.29 is 53.4 Å². The number of aliphatic hydroxyl groups is 2. The lowest BCUT2D eigenvalue weighted by Gasteiger charge is -2.28. The van der Waals surface area contributed by atoms with Gasteiger partial charge in [0, 0.05) is 13.0 Å². The van der Waals surface area contributed by atoms with E-state index in [1.165, 1.54) is 13.8 Å². The molecule has 2 aromatic carbocycles. The lowest BCUT2D eigenvalue weighted by molar-refractivity contribution is -0.136. The number of hydrogen-bond donors (Lipinski definition) is 16. The predicted molar refractivity (Wildman–Crippen MR) is 279 cm³/mol. The molecule has 25 nitrogen and oxygen atoms in total. The van der Waals surface area contributed by atoms with Crippen LogP contribution in [-0.4, -0.2) is 163 Å². The maximum atomic E-state index is 14.6. The van der Waals surface area contributed by atoms with Gasteiger partial charge in [0.1, 0.15) is 54.4 Å². The first-order chi connectivity index (χ1) is 35.5. The number of benzene rings is 2. The van der Waals surface area contributed by atoms with Gasteiger partial charge in [0.2, 0.25) is 53.2 Å². The van der Waals surface area contributed by atoms with Gasteiger partial charge in [-0.1, -0.05) is 67.9 Å². The maximum absolute atomic E-state index is 14.6. The summed E-state index contributed by atoms with van der Waals surface area (Å²) in [5.41, 5.74) is 32.7. The molecule has 1 heterocycles. The van der Waals surface area contributed by atoms with Crippen LogP contribution < -0.4 is 76.5 Å². The molecule has 1 aliphatic heterocycles. The number of carbonyl (C=O) groups is 9. The molecule has 25 heteroatoms. The Kier molecular flexibility index (Phi) is 26.2. The van der Waals surface area contributed by atoms with Crippen molar-refractivity contribution in [1.29, 1.82) is 0 Å². The van der Waals surface area contributed by atoms with Crippen LogP contribution in [0.2, 0.25) is 0 Å². The number of nitrogens with one attached hydrogen (secondary N) is 9. The van der Waals surface area contributed by atoms with Gasteiger partial charge in [-0.3, -0.25) is 43.2 Å². The lowest BCUT2D eigenvalue weighted by atomic mass is 9.98. The highest BCUT2D eigenvalue weighted by atomic mass is 16.3. The lowest BCUT2D eigenvalue weighted by Crippen LogP contribution is -2.61. The third-order valence-corrected chi connectivity index (χ3v) is 12.4. The molecule has 21 N–H and O–H groups in total. The minimum Gasteiger partial charge on any atom is -0.391 e. The van der Waals surface area contributed by atoms with Crippen molar-refractivity contribution in [2.24, 2.45) is 34.6 Å². The topological polar surface area (TPSA) is 432 Å². The van der Waals surface area contributed by atoms with Gasteiger partial charge < -0.3 is 86.7 Å². The van der Waals surface area contributed by atoms with Crippen LogP contribution in [0.25, 0.3) is 11.1 Å². The highest BCUT2D eigenvalue weighted by Crippen LogP contribution is 2.21. The van der Waals surface area contributed by atoms with Crippen LogP contribution in [0, 0.1) is 12.8 Å². The molecule has 11 atom stereocenters. The molecule has 3 rings (SSSR count). The van der Waals surface area contributed by atoms with E-state index >= 15 is 0 Å². The number of nitrogens with two attached hydrogens (primary N) is 5. The third-order valence-electron chi connectivity index (χ3n) is 12.4. The number of hydrogen-bond acceptors (Lipinski definition) is 16. The van der Waals surface area contributed by atoms with Gasteiger partial charge in [-0.15, -0.1) is 0 Å². The van der Waals surface area contributed by atoms with Gasteiger partial charge in [-0.25, -0.2) is 0 Å². The average molecular weight is 1050 g/mol. The molecular weight excluding hydrogens is 973 g/mol. The molecule has 0 radical (unpaired) electrons. The van der Waals surface area contributed by atoms with Crippen molar-refractivity contribution in [3.8, 4) is 11.1 Å². The maximum Gasteiger partial charge on any atom is 0.245 e. The van der Waals surface area contributed by atoms with Crippen LogP contribution in [0.4, 0.5) is 0 Å². The van der Waals surface area contributed by atoms with Crippen molar-refractivity contribution in [2.45, 2.75) is 146 Å². The van der Waals surface area contributed by atoms with Gasteiger partial charge in [-0.05, 0) is 108 Å². The molecule has 416 valence electrons. The molecule has 1 fully saturated rings. The van der Waals surface area contributed by atoms with E-state index in [9.17, 15) is 53.4 Å². The second-order valence-electron chi connectivity index (χ2n) is 19.2. The summed E-state index contributed by atoms with van der Waals surface area (Å²) in [4.78, 5) is 125. The summed E-state index contributed by atoms with van der Waals surface area (Å²) in [6, 6.07) is 2.20. The normalized spacial score (nSPS) is 23.6. The van der Waals surface area contributed by atoms with E-state index in [-0.39, 0.29) is 70.6 Å². The van der Waals surface area contributed by atoms with Crippen LogP contribution in [-0.2, 0) is 49.6 Å². The number of rotatable bonds is 19. The first kappa shape index (κ1) is 62.7. The smallest absolute Gasteiger partial charge is 0.245 e. The van der Waals surface area contributed by atoms with E-state index in [2.05, 4.69) is 47.9 Å². The second kappa shape index (κ2) is 31.3. The van der Waals surface area contributed by atoms with Gasteiger partial charge in [0.05, 0.1) is 12.2 Å². The minimum absolute atomic E-state index is 0.0591. The van der Waals surface area contributed by atoms with Gasteiger partial charge >= 0.3 is 0 Å². The van der Waals surface area contributed by atoms with Gasteiger partial charge in [0.15, 0.2) is 0 Å². The molecule has 1 aliphatic rings. The van der Waals surface area contributed by atoms with Crippen molar-refractivity contribution in [1.82, 2.24) is 47.9 Å². The molecule has 4 unspecified atom stereocenters. The first-order valence-electron chi connectivity index (χ1n) is 25.3. The SMILES string of the molecule is Cc1ccc(-c2ccc(CC3NC(=O)C(CCN)NC(=O)C(NC(=O)[C@@H](CCN)NC(=O)C(N)[C@H](C)O)CCNC(=O)[C@@H]([C@@H](C)O)NC(=O)[C@@H](CCN)NC(=O)[C@@H](CCN)NC(=O)[C@@H](CC(C)C)NC3=O)cc2)cc1. The number of aliphatic hydroxyl groups excluding tert-OH is 2. The fourth-order valence-corrected chi connectivity index (χ4v) is 7.97. The monoisotopic (exact) mass is 1050 g/mol. The zero-order chi connectivity index (χ0) is 55.9. The summed E-state index contributed by atoms with van der Waals surface area (Å²) in [6.45, 7) is 7.15. The van der Waals surface area contributed by atoms with Gasteiger partial charge in [0.25, 0.3) is 0 Å². The van der Waals surface area contributed by atoms with E-state index in [4.69, 9.17) is 28.7 Å². The van der Waals surface area contributed by atoms with Gasteiger partial charge in [-0.2, -0.15) is 0 Å². The number of carbonyl (C=O) groups excluding carboxylic acids is 9. The summed E-state index contributed by atoms with van der Waals surface area (Å²) in [6.07, 6.45) is -3.89. The molecule has 75 heavy (non-hydrogen) atoms. The second-order valence-corrected chi connectivity index (χ2v) is 19.2. The summed E-state index contributed by atoms with van der Waals surface area (Å²) in [5.74, 6) is -8.21. The standard InChI is InChI=1S/C50H80N14O11/c1-26(2)24-38-47(72)59-33(14-19-51)42(67)58-36(17-22-54)46(71)64-41(29(5)66)50(75)56-23-18-37(60-43(68)35(16-21-53)61-49(74)40(55)28(4)65)45(70)57-34(15-20-52)44(69)63-39(48(73)62-38)25-30-8-12-32(13-9-30)31-10-6-27(3)7-11-31/h6-13,26,28-29,33-41,65-66H,14-25,51-55H2,1-5H3,(H,56,75)(H,57,70)(H,58,67)(H,59,72)(H,60,68)(H,61,74)(H,62,73)(H,63,69)(H,64,71)/t28-,29+,33+,34?,35+,36+,37?,38+,39?,40?,41+/m0/s1. The minimum atomic E-state index is -1.64. The summed E-state index contributed by atoms with van der Waals surface area (Å²) in [5, 5.41) is 43.7. The molecule has 1 saturated heterocycles. The van der Waals surface area contributed by atoms with Crippen molar-refractivity contribution >= 4 is 53.2 Å². The summed E-state index contributed by atoms with van der Waals surface area (Å²) in [7, 11) is 0. The quantitative estimate of drug-likeness (QED) is 0.0627. The Bertz CT molecular complexity index is 2230. The Morgan fingerprint density at radius 3 is 1.53 bits per heavy atom. The van der Waals surface area contributed by atoms with E-state index in [0.717, 1.165) is 16.7 Å². The molecule has 0 spiro atoms. The Balaban J connectivity index is 2.18. The predicted octanol–water partition coefficient (Wildman–Crippen LogP) is -4.87. The highest BCUT2D eigenvalue weighted by molar-refractivity contribution is 5.98. The van der Waals surface area contributed by atoms with Crippen molar-refractivity contribution in [3.63, 3.8) is 0 Å². The molecule has 0 aromatic heterocycles. The van der Waals surface area contributed by atoms with Crippen molar-refractivity contribution in [3.05, 3.63) is 59.7 Å². The molecule has 0 saturated carbocycles. The number of aryl methyl sites for hydroxylation is 1. The van der Waals surface area contributed by atoms with Crippen LogP contribution >= 0.6 is 0 Å². The average Bonchev–Trinajstić information content (AvgIpc) is 3.35. The highest BCUT2D eigenvalue weighted by Gasteiger charge is 2.36. The van der Waals surface area contributed by atoms with Crippen LogP contribution in [0.1, 0.15) is 77.3 Å². The van der Waals surface area contributed by atoms with Crippen LogP contribution in [0.15, 0.2) is 48.5 Å². The summed E-state index contributed by atoms with van der Waals surface area (Å²) < 4.78 is 0. The zero-order valence-electron chi connectivity index (χ0n) is 43.5. The Morgan fingerprint density at radius 1 is 0.600 bits per heavy atom.